The molecule has 0 spiro atoms. The number of rotatable bonds is 6. The number of piperidine rings is 1. The van der Waals surface area contributed by atoms with Crippen molar-refractivity contribution in [2.24, 2.45) is 5.92 Å². The number of hydrogen-bond acceptors (Lipinski definition) is 4. The van der Waals surface area contributed by atoms with Crippen LogP contribution in [0.5, 0.6) is 11.5 Å². The molecule has 8 heteroatoms. The third-order valence-electron chi connectivity index (χ3n) is 6.20. The van der Waals surface area contributed by atoms with Crippen molar-refractivity contribution in [1.29, 1.82) is 0 Å². The Morgan fingerprint density at radius 2 is 1.66 bits per heavy atom. The second kappa shape index (κ2) is 10.5. The molecule has 35 heavy (non-hydrogen) atoms. The summed E-state index contributed by atoms with van der Waals surface area (Å²) in [6.07, 6.45) is 2.65. The van der Waals surface area contributed by atoms with Crippen LogP contribution >= 0.6 is 0 Å². The molecule has 1 fully saturated rings. The number of methoxy groups -OCH3 is 1. The number of ether oxygens (including phenoxy) is 1. The summed E-state index contributed by atoms with van der Waals surface area (Å²) in [5.74, 6) is -1.75. The van der Waals surface area contributed by atoms with Gasteiger partial charge in [0.25, 0.3) is 11.8 Å². The first-order chi connectivity index (χ1) is 16.8. The number of likely N-dealkylation sites (tertiary alicyclic amines) is 1. The number of anilines is 1. The molecule has 1 heterocycles. The summed E-state index contributed by atoms with van der Waals surface area (Å²) in [6, 6.07) is 14.6. The normalized spacial score (nSPS) is 14.0. The number of amides is 2. The quantitative estimate of drug-likeness (QED) is 0.519. The first-order valence-electron chi connectivity index (χ1n) is 11.3. The lowest BCUT2D eigenvalue weighted by atomic mass is 9.90. The average molecular weight is 481 g/mol. The number of phenols is 1. The lowest BCUT2D eigenvalue weighted by Crippen LogP contribution is -2.38. The molecular weight excluding hydrogens is 454 g/mol. The minimum atomic E-state index is -0.869. The van der Waals surface area contributed by atoms with Crippen LogP contribution in [0.25, 0.3) is 0 Å². The van der Waals surface area contributed by atoms with Gasteiger partial charge in [0.05, 0.1) is 12.7 Å². The number of nitrogens with zero attached hydrogens (tertiary/aromatic N) is 1. The Bertz CT molecular complexity index is 1200. The predicted octanol–water partition coefficient (Wildman–Crippen LogP) is 5.03. The third kappa shape index (κ3) is 5.95. The maximum atomic E-state index is 13.4. The Morgan fingerprint density at radius 3 is 2.26 bits per heavy atom. The topological polar surface area (TPSA) is 78.9 Å². The predicted molar refractivity (Wildman–Crippen MR) is 128 cm³/mol. The molecule has 2 amide bonds. The van der Waals surface area contributed by atoms with E-state index in [1.807, 2.05) is 12.1 Å². The van der Waals surface area contributed by atoms with E-state index in [0.717, 1.165) is 37.1 Å². The fourth-order valence-corrected chi connectivity index (χ4v) is 4.28. The first-order valence-corrected chi connectivity index (χ1v) is 11.3. The molecule has 0 bridgehead atoms. The average Bonchev–Trinajstić information content (AvgIpc) is 2.84. The van der Waals surface area contributed by atoms with Gasteiger partial charge >= 0.3 is 0 Å². The van der Waals surface area contributed by atoms with E-state index in [4.69, 9.17) is 4.74 Å². The summed E-state index contributed by atoms with van der Waals surface area (Å²) >= 11 is 0. The van der Waals surface area contributed by atoms with Gasteiger partial charge < -0.3 is 20.1 Å². The summed E-state index contributed by atoms with van der Waals surface area (Å²) in [6.45, 7) is 1.17. The Labute approximate surface area is 202 Å². The summed E-state index contributed by atoms with van der Waals surface area (Å²) in [4.78, 5) is 27.0. The lowest BCUT2D eigenvalue weighted by Gasteiger charge is -2.32. The molecule has 0 radical (unpaired) electrons. The molecule has 0 saturated carbocycles. The molecule has 1 aliphatic rings. The number of phenolic OH excluding ortho intramolecular Hbond substituents is 1. The monoisotopic (exact) mass is 480 g/mol. The lowest BCUT2D eigenvalue weighted by molar-refractivity contribution is 0.0687. The highest BCUT2D eigenvalue weighted by Gasteiger charge is 2.25. The molecule has 3 aromatic rings. The molecule has 6 nitrogen and oxygen atoms in total. The zero-order chi connectivity index (χ0) is 24.9. The van der Waals surface area contributed by atoms with Crippen LogP contribution in [-0.2, 0) is 6.42 Å². The van der Waals surface area contributed by atoms with Gasteiger partial charge in [-0.25, -0.2) is 8.78 Å². The van der Waals surface area contributed by atoms with Crippen LogP contribution in [0, 0.1) is 17.6 Å². The van der Waals surface area contributed by atoms with Crippen LogP contribution in [0.1, 0.15) is 39.1 Å². The third-order valence-corrected chi connectivity index (χ3v) is 6.20. The van der Waals surface area contributed by atoms with Crippen molar-refractivity contribution < 1.29 is 28.2 Å². The van der Waals surface area contributed by atoms with Crippen molar-refractivity contribution >= 4 is 17.5 Å². The largest absolute Gasteiger partial charge is 0.507 e. The molecule has 182 valence electrons. The van der Waals surface area contributed by atoms with Crippen LogP contribution in [0.3, 0.4) is 0 Å². The molecule has 0 aromatic heterocycles. The maximum Gasteiger partial charge on any atom is 0.257 e. The number of aromatic hydroxyl groups is 1. The SMILES string of the molecule is COc1ccc(CC2CCN(C(=O)c3ccc(NC(=O)c4cc(F)cc(F)c4)cc3O)CC2)cc1. The van der Waals surface area contributed by atoms with Crippen molar-refractivity contribution in [3.05, 3.63) is 89.0 Å². The van der Waals surface area contributed by atoms with Gasteiger partial charge in [0.15, 0.2) is 0 Å². The van der Waals surface area contributed by atoms with E-state index in [2.05, 4.69) is 17.4 Å². The van der Waals surface area contributed by atoms with Crippen LogP contribution in [-0.4, -0.2) is 42.0 Å². The summed E-state index contributed by atoms with van der Waals surface area (Å²) in [5.41, 5.74) is 1.37. The number of benzene rings is 3. The van der Waals surface area contributed by atoms with Gasteiger partial charge in [0.1, 0.15) is 23.1 Å². The molecule has 4 rings (SSSR count). The van der Waals surface area contributed by atoms with E-state index in [1.54, 1.807) is 12.0 Å². The van der Waals surface area contributed by atoms with Crippen LogP contribution in [0.2, 0.25) is 0 Å². The minimum absolute atomic E-state index is 0.133. The number of nitrogens with one attached hydrogen (secondary N) is 1. The van der Waals surface area contributed by atoms with Crippen LogP contribution < -0.4 is 10.1 Å². The van der Waals surface area contributed by atoms with E-state index in [9.17, 15) is 23.5 Å². The fourth-order valence-electron chi connectivity index (χ4n) is 4.28. The molecule has 2 N–H and O–H groups in total. The fraction of sp³-hybridized carbons (Fsp3) is 0.259. The molecule has 3 aromatic carbocycles. The second-order valence-corrected chi connectivity index (χ2v) is 8.63. The second-order valence-electron chi connectivity index (χ2n) is 8.63. The maximum absolute atomic E-state index is 13.4. The Morgan fingerprint density at radius 1 is 1.00 bits per heavy atom. The van der Waals surface area contributed by atoms with Gasteiger partial charge in [-0.3, -0.25) is 9.59 Å². The van der Waals surface area contributed by atoms with E-state index in [-0.39, 0.29) is 28.5 Å². The summed E-state index contributed by atoms with van der Waals surface area (Å²) in [5, 5.41) is 12.9. The molecule has 0 unspecified atom stereocenters. The Balaban J connectivity index is 1.34. The van der Waals surface area contributed by atoms with E-state index >= 15 is 0 Å². The van der Waals surface area contributed by atoms with Gasteiger partial charge in [0.2, 0.25) is 0 Å². The highest BCUT2D eigenvalue weighted by Crippen LogP contribution is 2.28. The zero-order valence-electron chi connectivity index (χ0n) is 19.3. The number of carbonyl (C=O) groups excluding carboxylic acids is 2. The number of hydrogen-bond donors (Lipinski definition) is 2. The Hall–Kier alpha value is -3.94. The van der Waals surface area contributed by atoms with Crippen molar-refractivity contribution in [1.82, 2.24) is 4.90 Å². The van der Waals surface area contributed by atoms with E-state index < -0.39 is 17.5 Å². The standard InChI is InChI=1S/C27H26F2N2O4/c1-35-23-5-2-17(3-6-23)12-18-8-10-31(11-9-18)27(34)24-7-4-22(16-25(24)32)30-26(33)19-13-20(28)15-21(29)14-19/h2-7,13-16,18,32H,8-12H2,1H3,(H,30,33). The van der Waals surface area contributed by atoms with Crippen molar-refractivity contribution in [2.45, 2.75) is 19.3 Å². The molecular formula is C27H26F2N2O4. The first kappa shape index (κ1) is 24.2. The van der Waals surface area contributed by atoms with Gasteiger partial charge in [-0.15, -0.1) is 0 Å². The van der Waals surface area contributed by atoms with Gasteiger partial charge in [-0.05, 0) is 67.1 Å². The van der Waals surface area contributed by atoms with Crippen LogP contribution in [0.4, 0.5) is 14.5 Å². The molecule has 0 atom stereocenters. The highest BCUT2D eigenvalue weighted by atomic mass is 19.1. The Kier molecular flexibility index (Phi) is 7.29. The molecule has 1 aliphatic heterocycles. The summed E-state index contributed by atoms with van der Waals surface area (Å²) < 4.78 is 31.9. The molecule has 1 saturated heterocycles. The molecule has 0 aliphatic carbocycles. The van der Waals surface area contributed by atoms with Gasteiger partial charge in [-0.1, -0.05) is 12.1 Å². The van der Waals surface area contributed by atoms with Crippen molar-refractivity contribution in [3.8, 4) is 11.5 Å². The van der Waals surface area contributed by atoms with Crippen molar-refractivity contribution in [2.75, 3.05) is 25.5 Å². The van der Waals surface area contributed by atoms with Gasteiger partial charge in [-0.2, -0.15) is 0 Å². The number of halogens is 2. The zero-order valence-corrected chi connectivity index (χ0v) is 19.3. The van der Waals surface area contributed by atoms with Crippen LogP contribution in [0.15, 0.2) is 60.7 Å². The smallest absolute Gasteiger partial charge is 0.257 e. The van der Waals surface area contributed by atoms with Gasteiger partial charge in [0, 0.05) is 36.5 Å². The number of carbonyl (C=O) groups is 2. The van der Waals surface area contributed by atoms with E-state index in [0.29, 0.717) is 25.1 Å². The van der Waals surface area contributed by atoms with E-state index in [1.165, 1.54) is 23.8 Å². The summed E-state index contributed by atoms with van der Waals surface area (Å²) in [7, 11) is 1.64. The highest BCUT2D eigenvalue weighted by molar-refractivity contribution is 6.05. The van der Waals surface area contributed by atoms with Crippen molar-refractivity contribution in [3.63, 3.8) is 0 Å². The minimum Gasteiger partial charge on any atom is -0.507 e.